The Bertz CT molecular complexity index is 994. The summed E-state index contributed by atoms with van der Waals surface area (Å²) in [6.07, 6.45) is -1.99. The van der Waals surface area contributed by atoms with Gasteiger partial charge < -0.3 is 25.0 Å². The predicted octanol–water partition coefficient (Wildman–Crippen LogP) is 1.05. The second-order valence-corrected chi connectivity index (χ2v) is 7.83. The van der Waals surface area contributed by atoms with E-state index >= 15 is 0 Å². The first-order chi connectivity index (χ1) is 15.4. The highest BCUT2D eigenvalue weighted by molar-refractivity contribution is 5.95. The van der Waals surface area contributed by atoms with Crippen molar-refractivity contribution in [3.63, 3.8) is 0 Å². The summed E-state index contributed by atoms with van der Waals surface area (Å²) in [5.74, 6) is -2.39. The summed E-state index contributed by atoms with van der Waals surface area (Å²) in [5.41, 5.74) is 1.36. The summed E-state index contributed by atoms with van der Waals surface area (Å²) < 4.78 is 19.0. The van der Waals surface area contributed by atoms with Crippen molar-refractivity contribution in [1.29, 1.82) is 0 Å². The van der Waals surface area contributed by atoms with Crippen LogP contribution < -0.4 is 10.2 Å². The molecule has 0 spiro atoms. The lowest BCUT2D eigenvalue weighted by molar-refractivity contribution is -0.138. The minimum Gasteiger partial charge on any atom is -0.479 e. The van der Waals surface area contributed by atoms with Crippen molar-refractivity contribution in [3.8, 4) is 0 Å². The van der Waals surface area contributed by atoms with Crippen LogP contribution in [0.2, 0.25) is 0 Å². The molecule has 168 valence electrons. The number of carboxylic acid groups (broad SMARTS) is 1. The third-order valence-corrected chi connectivity index (χ3v) is 5.68. The van der Waals surface area contributed by atoms with E-state index in [0.29, 0.717) is 31.9 Å². The molecule has 2 aliphatic rings. The van der Waals surface area contributed by atoms with Gasteiger partial charge >= 0.3 is 5.97 Å². The number of carbonyl (C=O) groups is 3. The molecule has 0 saturated carbocycles. The molecule has 0 aromatic heterocycles. The number of benzene rings is 2. The van der Waals surface area contributed by atoms with Gasteiger partial charge in [0.1, 0.15) is 11.9 Å². The monoisotopic (exact) mass is 441 g/mol. The van der Waals surface area contributed by atoms with Gasteiger partial charge in [-0.25, -0.2) is 9.18 Å². The van der Waals surface area contributed by atoms with E-state index in [2.05, 4.69) is 5.32 Å². The normalized spacial score (nSPS) is 21.0. The molecular formula is C23H24FN3O5. The maximum atomic E-state index is 14.1. The first-order valence-electron chi connectivity index (χ1n) is 10.4. The van der Waals surface area contributed by atoms with Crippen LogP contribution in [0.1, 0.15) is 5.56 Å². The van der Waals surface area contributed by atoms with Gasteiger partial charge in [0.2, 0.25) is 5.91 Å². The van der Waals surface area contributed by atoms with E-state index in [1.165, 1.54) is 6.07 Å². The van der Waals surface area contributed by atoms with Crippen molar-refractivity contribution >= 4 is 23.5 Å². The molecule has 0 aliphatic carbocycles. The van der Waals surface area contributed by atoms with Crippen LogP contribution >= 0.6 is 0 Å². The number of para-hydroxylation sites is 1. The average molecular weight is 441 g/mol. The number of nitrogens with one attached hydrogen (secondary N) is 1. The van der Waals surface area contributed by atoms with Crippen molar-refractivity contribution < 1.29 is 28.6 Å². The molecule has 9 heteroatoms. The number of rotatable bonds is 7. The van der Waals surface area contributed by atoms with Gasteiger partial charge in [0, 0.05) is 32.6 Å². The number of hydrogen-bond acceptors (Lipinski definition) is 5. The van der Waals surface area contributed by atoms with Crippen LogP contribution in [0.25, 0.3) is 0 Å². The van der Waals surface area contributed by atoms with Crippen LogP contribution in [-0.4, -0.2) is 72.2 Å². The Morgan fingerprint density at radius 3 is 2.28 bits per heavy atom. The van der Waals surface area contributed by atoms with Gasteiger partial charge in [0.15, 0.2) is 12.2 Å². The molecule has 32 heavy (non-hydrogen) atoms. The number of ether oxygens (including phenoxy) is 1. The Morgan fingerprint density at radius 1 is 1.00 bits per heavy atom. The smallest absolute Gasteiger partial charge is 0.336 e. The van der Waals surface area contributed by atoms with Crippen molar-refractivity contribution in [2.24, 2.45) is 0 Å². The van der Waals surface area contributed by atoms with Crippen molar-refractivity contribution in [3.05, 3.63) is 66.0 Å². The SMILES string of the molecule is O=C(O)[C@H]1O[C@@H]1C(=O)NC(Cc1ccccc1)C(=O)N1CCN(c2ccccc2F)CC1. The first-order valence-corrected chi connectivity index (χ1v) is 10.4. The number of carbonyl (C=O) groups excluding carboxylic acids is 2. The number of aliphatic carboxylic acids is 1. The second kappa shape index (κ2) is 9.35. The number of epoxide rings is 1. The van der Waals surface area contributed by atoms with Gasteiger partial charge in [0.25, 0.3) is 5.91 Å². The van der Waals surface area contributed by atoms with Crippen LogP contribution in [0.15, 0.2) is 54.6 Å². The van der Waals surface area contributed by atoms with E-state index in [1.807, 2.05) is 35.2 Å². The molecule has 4 rings (SSSR count). The lowest BCUT2D eigenvalue weighted by Crippen LogP contribution is -2.56. The molecule has 2 saturated heterocycles. The summed E-state index contributed by atoms with van der Waals surface area (Å²) >= 11 is 0. The van der Waals surface area contributed by atoms with Crippen LogP contribution in [0.5, 0.6) is 0 Å². The summed E-state index contributed by atoms with van der Waals surface area (Å²) in [6, 6.07) is 14.9. The van der Waals surface area contributed by atoms with E-state index < -0.39 is 30.1 Å². The highest BCUT2D eigenvalue weighted by atomic mass is 19.1. The summed E-state index contributed by atoms with van der Waals surface area (Å²) in [4.78, 5) is 40.3. The molecule has 2 aromatic carbocycles. The summed E-state index contributed by atoms with van der Waals surface area (Å²) in [7, 11) is 0. The maximum Gasteiger partial charge on any atom is 0.336 e. The topological polar surface area (TPSA) is 102 Å². The largest absolute Gasteiger partial charge is 0.479 e. The van der Waals surface area contributed by atoms with E-state index in [1.54, 1.807) is 23.1 Å². The van der Waals surface area contributed by atoms with Gasteiger partial charge in [-0.15, -0.1) is 0 Å². The molecule has 1 unspecified atom stereocenters. The number of piperazine rings is 1. The number of amides is 2. The summed E-state index contributed by atoms with van der Waals surface area (Å²) in [5, 5.41) is 11.7. The van der Waals surface area contributed by atoms with Gasteiger partial charge in [0.05, 0.1) is 5.69 Å². The van der Waals surface area contributed by atoms with E-state index in [-0.39, 0.29) is 18.1 Å². The standard InChI is InChI=1S/C23H24FN3O5/c24-16-8-4-5-9-18(16)26-10-12-27(13-11-26)22(29)17(14-15-6-2-1-3-7-15)25-21(28)19-20(32-19)23(30)31/h1-9,17,19-20H,10-14H2,(H,25,28)(H,30,31)/t17?,19-,20-/m0/s1. The number of carboxylic acids is 1. The molecule has 2 N–H and O–H groups in total. The zero-order chi connectivity index (χ0) is 22.7. The number of halogens is 1. The zero-order valence-corrected chi connectivity index (χ0v) is 17.3. The summed E-state index contributed by atoms with van der Waals surface area (Å²) in [6.45, 7) is 1.69. The second-order valence-electron chi connectivity index (χ2n) is 7.83. The third-order valence-electron chi connectivity index (χ3n) is 5.68. The Hall–Kier alpha value is -3.46. The van der Waals surface area contributed by atoms with E-state index in [4.69, 9.17) is 9.84 Å². The molecule has 2 aromatic rings. The van der Waals surface area contributed by atoms with Gasteiger partial charge in [-0.2, -0.15) is 0 Å². The Morgan fingerprint density at radius 2 is 1.66 bits per heavy atom. The van der Waals surface area contributed by atoms with Crippen molar-refractivity contribution in [2.45, 2.75) is 24.7 Å². The average Bonchev–Trinajstić information content (AvgIpc) is 3.61. The lowest BCUT2D eigenvalue weighted by Gasteiger charge is -2.37. The maximum absolute atomic E-state index is 14.1. The van der Waals surface area contributed by atoms with Crippen LogP contribution in [0.3, 0.4) is 0 Å². The molecule has 0 radical (unpaired) electrons. The molecular weight excluding hydrogens is 417 g/mol. The number of anilines is 1. The van der Waals surface area contributed by atoms with Gasteiger partial charge in [-0.1, -0.05) is 42.5 Å². The van der Waals surface area contributed by atoms with Crippen LogP contribution in [0.4, 0.5) is 10.1 Å². The Labute approximate surface area is 184 Å². The molecule has 0 bridgehead atoms. The Balaban J connectivity index is 1.42. The van der Waals surface area contributed by atoms with Crippen molar-refractivity contribution in [2.75, 3.05) is 31.1 Å². The van der Waals surface area contributed by atoms with Gasteiger partial charge in [-0.05, 0) is 17.7 Å². The third kappa shape index (κ3) is 4.88. The molecule has 3 atom stereocenters. The number of hydrogen-bond donors (Lipinski definition) is 2. The molecule has 2 amide bonds. The molecule has 2 heterocycles. The minimum atomic E-state index is -1.21. The quantitative estimate of drug-likeness (QED) is 0.623. The highest BCUT2D eigenvalue weighted by Crippen LogP contribution is 2.23. The van der Waals surface area contributed by atoms with Gasteiger partial charge in [-0.3, -0.25) is 9.59 Å². The first kappa shape index (κ1) is 21.8. The van der Waals surface area contributed by atoms with E-state index in [0.717, 1.165) is 5.56 Å². The fraction of sp³-hybridized carbons (Fsp3) is 0.348. The molecule has 2 aliphatic heterocycles. The van der Waals surface area contributed by atoms with E-state index in [9.17, 15) is 18.8 Å². The van der Waals surface area contributed by atoms with Crippen LogP contribution in [-0.2, 0) is 25.5 Å². The fourth-order valence-electron chi connectivity index (χ4n) is 3.90. The molecule has 8 nitrogen and oxygen atoms in total. The van der Waals surface area contributed by atoms with Crippen molar-refractivity contribution in [1.82, 2.24) is 10.2 Å². The number of nitrogens with zero attached hydrogens (tertiary/aromatic N) is 2. The Kier molecular flexibility index (Phi) is 6.36. The minimum absolute atomic E-state index is 0.261. The van der Waals surface area contributed by atoms with Crippen LogP contribution in [0, 0.1) is 5.82 Å². The highest BCUT2D eigenvalue weighted by Gasteiger charge is 2.51. The fourth-order valence-corrected chi connectivity index (χ4v) is 3.90. The zero-order valence-electron chi connectivity index (χ0n) is 17.3. The lowest BCUT2D eigenvalue weighted by atomic mass is 10.0. The predicted molar refractivity (Wildman–Crippen MR) is 114 cm³/mol. The molecule has 2 fully saturated rings.